The highest BCUT2D eigenvalue weighted by atomic mass is 32.2. The maximum Gasteiger partial charge on any atom is 0.225 e. The molecule has 0 unspecified atom stereocenters. The van der Waals surface area contributed by atoms with E-state index in [1.54, 1.807) is 0 Å². The first-order valence-electron chi connectivity index (χ1n) is 6.19. The summed E-state index contributed by atoms with van der Waals surface area (Å²) in [6, 6.07) is 1.90. The minimum atomic E-state index is 0.0936. The quantitative estimate of drug-likeness (QED) is 0.866. The van der Waals surface area contributed by atoms with Gasteiger partial charge in [-0.25, -0.2) is 0 Å². The summed E-state index contributed by atoms with van der Waals surface area (Å²) in [6.45, 7) is 2.05. The molecule has 0 bridgehead atoms. The summed E-state index contributed by atoms with van der Waals surface area (Å²) >= 11 is 1.99. The van der Waals surface area contributed by atoms with Crippen molar-refractivity contribution < 1.29 is 4.79 Å². The molecule has 0 radical (unpaired) electrons. The number of aryl methyl sites for hydroxylation is 1. The van der Waals surface area contributed by atoms with Crippen LogP contribution < -0.4 is 5.32 Å². The Morgan fingerprint density at radius 3 is 3.00 bits per heavy atom. The summed E-state index contributed by atoms with van der Waals surface area (Å²) in [5.74, 6) is 3.69. The number of rotatable bonds is 4. The predicted octanol–water partition coefficient (Wildman–Crippen LogP) is 2.44. The monoisotopic (exact) mass is 253 g/mol. The highest BCUT2D eigenvalue weighted by Crippen LogP contribution is 2.25. The normalized spacial score (nSPS) is 17.0. The van der Waals surface area contributed by atoms with E-state index in [4.69, 9.17) is 0 Å². The molecule has 1 aliphatic heterocycles. The zero-order valence-electron chi connectivity index (χ0n) is 10.2. The molecule has 2 N–H and O–H groups in total. The van der Waals surface area contributed by atoms with Crippen LogP contribution in [0.15, 0.2) is 6.07 Å². The Bertz CT molecular complexity index is 372. The van der Waals surface area contributed by atoms with Gasteiger partial charge in [0, 0.05) is 18.2 Å². The lowest BCUT2D eigenvalue weighted by atomic mass is 9.98. The fraction of sp³-hybridized carbons (Fsp3) is 0.667. The van der Waals surface area contributed by atoms with Gasteiger partial charge in [-0.3, -0.25) is 9.89 Å². The van der Waals surface area contributed by atoms with E-state index in [9.17, 15) is 4.79 Å². The Morgan fingerprint density at radius 1 is 1.59 bits per heavy atom. The van der Waals surface area contributed by atoms with Crippen molar-refractivity contribution in [1.29, 1.82) is 0 Å². The van der Waals surface area contributed by atoms with E-state index in [1.165, 1.54) is 24.3 Å². The third-order valence-corrected chi connectivity index (χ3v) is 4.14. The number of thioether (sulfide) groups is 1. The fourth-order valence-corrected chi connectivity index (χ4v) is 3.22. The molecule has 2 rings (SSSR count). The molecule has 0 saturated carbocycles. The largest absolute Gasteiger partial charge is 0.309 e. The number of carbonyl (C=O) groups is 1. The average Bonchev–Trinajstić information content (AvgIpc) is 2.78. The molecule has 0 aliphatic carbocycles. The predicted molar refractivity (Wildman–Crippen MR) is 71.3 cm³/mol. The van der Waals surface area contributed by atoms with Crippen molar-refractivity contribution >= 4 is 23.5 Å². The van der Waals surface area contributed by atoms with Crippen molar-refractivity contribution in [1.82, 2.24) is 10.2 Å². The Labute approximate surface area is 106 Å². The van der Waals surface area contributed by atoms with E-state index >= 15 is 0 Å². The molecule has 0 aromatic carbocycles. The van der Waals surface area contributed by atoms with Crippen LogP contribution in [-0.2, 0) is 11.2 Å². The van der Waals surface area contributed by atoms with Gasteiger partial charge in [-0.05, 0) is 36.7 Å². The van der Waals surface area contributed by atoms with Gasteiger partial charge in [-0.15, -0.1) is 0 Å². The van der Waals surface area contributed by atoms with E-state index in [0.29, 0.717) is 18.2 Å². The minimum absolute atomic E-state index is 0.0936. The lowest BCUT2D eigenvalue weighted by Crippen LogP contribution is -2.19. The molecule has 1 aromatic heterocycles. The summed E-state index contributed by atoms with van der Waals surface area (Å²) in [5, 5.41) is 9.81. The van der Waals surface area contributed by atoms with Crippen LogP contribution in [0.1, 0.15) is 31.9 Å². The first-order chi connectivity index (χ1) is 8.28. The van der Waals surface area contributed by atoms with E-state index < -0.39 is 0 Å². The lowest BCUT2D eigenvalue weighted by Gasteiger charge is -2.20. The summed E-state index contributed by atoms with van der Waals surface area (Å²) < 4.78 is 0. The zero-order chi connectivity index (χ0) is 12.1. The van der Waals surface area contributed by atoms with Gasteiger partial charge >= 0.3 is 0 Å². The van der Waals surface area contributed by atoms with Crippen LogP contribution in [0.25, 0.3) is 0 Å². The third-order valence-electron chi connectivity index (χ3n) is 3.09. The van der Waals surface area contributed by atoms with Crippen LogP contribution in [0.3, 0.4) is 0 Å². The number of nitrogens with one attached hydrogen (secondary N) is 2. The van der Waals surface area contributed by atoms with Gasteiger partial charge in [0.15, 0.2) is 5.82 Å². The average molecular weight is 253 g/mol. The van der Waals surface area contributed by atoms with Gasteiger partial charge in [0.25, 0.3) is 0 Å². The topological polar surface area (TPSA) is 57.8 Å². The van der Waals surface area contributed by atoms with Crippen LogP contribution in [0.5, 0.6) is 0 Å². The van der Waals surface area contributed by atoms with Crippen LogP contribution in [0, 0.1) is 5.92 Å². The summed E-state index contributed by atoms with van der Waals surface area (Å²) in [6.07, 6.45) is 3.87. The molecular formula is C12H19N3OS. The molecule has 0 spiro atoms. The summed E-state index contributed by atoms with van der Waals surface area (Å²) in [5.41, 5.74) is 1.05. The van der Waals surface area contributed by atoms with Gasteiger partial charge in [0.2, 0.25) is 5.91 Å². The summed E-state index contributed by atoms with van der Waals surface area (Å²) in [7, 11) is 0. The Kier molecular flexibility index (Phi) is 4.48. The van der Waals surface area contributed by atoms with E-state index in [1.807, 2.05) is 17.8 Å². The Morgan fingerprint density at radius 2 is 2.35 bits per heavy atom. The molecular weight excluding hydrogens is 234 g/mol. The standard InChI is InChI=1S/C12H19N3OS/c1-2-10-8-11(15-14-10)13-12(16)7-9-3-5-17-6-4-9/h8-9H,2-7H2,1H3,(H2,13,14,15,16). The van der Waals surface area contributed by atoms with E-state index in [2.05, 4.69) is 22.4 Å². The number of hydrogen-bond donors (Lipinski definition) is 2. The maximum absolute atomic E-state index is 11.8. The molecule has 5 heteroatoms. The van der Waals surface area contributed by atoms with Crippen molar-refractivity contribution in [3.8, 4) is 0 Å². The number of amides is 1. The number of hydrogen-bond acceptors (Lipinski definition) is 3. The Balaban J connectivity index is 1.79. The van der Waals surface area contributed by atoms with Crippen LogP contribution in [0.2, 0.25) is 0 Å². The molecule has 0 atom stereocenters. The van der Waals surface area contributed by atoms with Crippen LogP contribution in [-0.4, -0.2) is 27.6 Å². The maximum atomic E-state index is 11.8. The van der Waals surface area contributed by atoms with Crippen LogP contribution in [0.4, 0.5) is 5.82 Å². The molecule has 1 aliphatic rings. The number of nitrogens with zero attached hydrogens (tertiary/aromatic N) is 1. The number of anilines is 1. The fourth-order valence-electron chi connectivity index (χ4n) is 2.01. The molecule has 1 fully saturated rings. The van der Waals surface area contributed by atoms with Gasteiger partial charge in [0.1, 0.15) is 0 Å². The van der Waals surface area contributed by atoms with Crippen molar-refractivity contribution in [2.45, 2.75) is 32.6 Å². The van der Waals surface area contributed by atoms with Crippen molar-refractivity contribution in [3.63, 3.8) is 0 Å². The van der Waals surface area contributed by atoms with Crippen molar-refractivity contribution in [2.24, 2.45) is 5.92 Å². The number of aromatic nitrogens is 2. The van der Waals surface area contributed by atoms with E-state index in [-0.39, 0.29) is 5.91 Å². The second kappa shape index (κ2) is 6.10. The van der Waals surface area contributed by atoms with Gasteiger partial charge in [-0.2, -0.15) is 16.9 Å². The second-order valence-electron chi connectivity index (χ2n) is 4.44. The first-order valence-corrected chi connectivity index (χ1v) is 7.35. The first kappa shape index (κ1) is 12.5. The molecule has 1 saturated heterocycles. The molecule has 4 nitrogen and oxygen atoms in total. The molecule has 2 heterocycles. The number of H-pyrrole nitrogens is 1. The van der Waals surface area contributed by atoms with Crippen molar-refractivity contribution in [3.05, 3.63) is 11.8 Å². The highest BCUT2D eigenvalue weighted by Gasteiger charge is 2.17. The molecule has 1 aromatic rings. The second-order valence-corrected chi connectivity index (χ2v) is 5.66. The molecule has 17 heavy (non-hydrogen) atoms. The number of aromatic amines is 1. The summed E-state index contributed by atoms with van der Waals surface area (Å²) in [4.78, 5) is 11.8. The molecule has 1 amide bonds. The zero-order valence-corrected chi connectivity index (χ0v) is 11.0. The lowest BCUT2D eigenvalue weighted by molar-refractivity contribution is -0.117. The third kappa shape index (κ3) is 3.77. The van der Waals surface area contributed by atoms with Crippen molar-refractivity contribution in [2.75, 3.05) is 16.8 Å². The van der Waals surface area contributed by atoms with Crippen LogP contribution >= 0.6 is 11.8 Å². The van der Waals surface area contributed by atoms with E-state index in [0.717, 1.165) is 12.1 Å². The van der Waals surface area contributed by atoms with Gasteiger partial charge in [0.05, 0.1) is 0 Å². The Hall–Kier alpha value is -0.970. The highest BCUT2D eigenvalue weighted by molar-refractivity contribution is 7.99. The SMILES string of the molecule is CCc1cc(NC(=O)CC2CCSCC2)n[nH]1. The smallest absolute Gasteiger partial charge is 0.225 e. The molecule has 94 valence electrons. The minimum Gasteiger partial charge on any atom is -0.309 e. The van der Waals surface area contributed by atoms with Gasteiger partial charge in [-0.1, -0.05) is 6.92 Å². The number of carbonyl (C=O) groups excluding carboxylic acids is 1. The van der Waals surface area contributed by atoms with Gasteiger partial charge < -0.3 is 5.32 Å².